The van der Waals surface area contributed by atoms with E-state index in [4.69, 9.17) is 0 Å². The molecule has 23 heavy (non-hydrogen) atoms. The maximum atomic E-state index is 12.7. The minimum absolute atomic E-state index is 0.0758. The van der Waals surface area contributed by atoms with Gasteiger partial charge in [0.25, 0.3) is 0 Å². The standard InChI is InChI=1S/C17H21NO4S/c1-11(9-14(19)12-7-5-4-6-8-12)15(20)18-13(16(21)22)10-23-17(18,2)3/h4-8,11,13H,9-10H2,1-3H3,(H,21,22)/t11-,13-/m0/s1. The lowest BCUT2D eigenvalue weighted by Crippen LogP contribution is -2.51. The Morgan fingerprint density at radius 3 is 2.48 bits per heavy atom. The van der Waals surface area contributed by atoms with Crippen LogP contribution in [0.5, 0.6) is 0 Å². The quantitative estimate of drug-likeness (QED) is 0.837. The van der Waals surface area contributed by atoms with E-state index in [9.17, 15) is 19.5 Å². The molecule has 0 aromatic heterocycles. The van der Waals surface area contributed by atoms with Crippen molar-refractivity contribution in [2.24, 2.45) is 5.92 Å². The molecule has 1 aliphatic rings. The molecule has 2 atom stereocenters. The second kappa shape index (κ2) is 6.74. The van der Waals surface area contributed by atoms with Gasteiger partial charge in [0.1, 0.15) is 6.04 Å². The Hall–Kier alpha value is -1.82. The maximum Gasteiger partial charge on any atom is 0.327 e. The molecule has 1 fully saturated rings. The summed E-state index contributed by atoms with van der Waals surface area (Å²) in [5.41, 5.74) is 0.567. The van der Waals surface area contributed by atoms with E-state index in [0.29, 0.717) is 11.3 Å². The minimum atomic E-state index is -1.00. The van der Waals surface area contributed by atoms with Gasteiger partial charge in [-0.3, -0.25) is 9.59 Å². The second-order valence-electron chi connectivity index (χ2n) is 6.21. The number of carboxylic acids is 1. The van der Waals surface area contributed by atoms with Crippen molar-refractivity contribution in [2.45, 2.75) is 38.1 Å². The van der Waals surface area contributed by atoms with Crippen LogP contribution in [0.15, 0.2) is 30.3 Å². The summed E-state index contributed by atoms with van der Waals surface area (Å²) < 4.78 is 0. The topological polar surface area (TPSA) is 74.7 Å². The molecular formula is C17H21NO4S. The van der Waals surface area contributed by atoms with Gasteiger partial charge in [-0.05, 0) is 13.8 Å². The number of carbonyl (C=O) groups is 3. The Balaban J connectivity index is 2.12. The van der Waals surface area contributed by atoms with Crippen molar-refractivity contribution in [3.05, 3.63) is 35.9 Å². The molecule has 0 bridgehead atoms. The number of aliphatic carboxylic acids is 1. The number of carboxylic acid groups (broad SMARTS) is 1. The summed E-state index contributed by atoms with van der Waals surface area (Å²) in [4.78, 5) is 37.2. The van der Waals surface area contributed by atoms with Crippen molar-refractivity contribution in [2.75, 3.05) is 5.75 Å². The SMILES string of the molecule is C[C@@H](CC(=O)c1ccccc1)C(=O)N1[C@H](C(=O)O)CSC1(C)C. The van der Waals surface area contributed by atoms with Gasteiger partial charge in [0, 0.05) is 23.7 Å². The number of Topliss-reactive ketones (excluding diaryl/α,β-unsaturated/α-hetero) is 1. The molecule has 0 spiro atoms. The van der Waals surface area contributed by atoms with Crippen LogP contribution in [0.1, 0.15) is 37.6 Å². The highest BCUT2D eigenvalue weighted by Crippen LogP contribution is 2.40. The fourth-order valence-electron chi connectivity index (χ4n) is 2.75. The van der Waals surface area contributed by atoms with E-state index in [1.807, 2.05) is 19.9 Å². The molecule has 1 amide bonds. The first-order chi connectivity index (χ1) is 10.7. The van der Waals surface area contributed by atoms with Crippen LogP contribution in [0.4, 0.5) is 0 Å². The Bertz CT molecular complexity index is 614. The van der Waals surface area contributed by atoms with Crippen LogP contribution in [0, 0.1) is 5.92 Å². The van der Waals surface area contributed by atoms with Gasteiger partial charge in [0.15, 0.2) is 5.78 Å². The zero-order valence-electron chi connectivity index (χ0n) is 13.5. The molecule has 0 unspecified atom stereocenters. The fourth-order valence-corrected chi connectivity index (χ4v) is 3.96. The van der Waals surface area contributed by atoms with E-state index in [-0.39, 0.29) is 18.1 Å². The van der Waals surface area contributed by atoms with Crippen LogP contribution < -0.4 is 0 Å². The molecule has 1 saturated heterocycles. The number of thioether (sulfide) groups is 1. The van der Waals surface area contributed by atoms with E-state index < -0.39 is 22.8 Å². The van der Waals surface area contributed by atoms with Crippen molar-refractivity contribution in [1.29, 1.82) is 0 Å². The van der Waals surface area contributed by atoms with Crippen molar-refractivity contribution >= 4 is 29.4 Å². The van der Waals surface area contributed by atoms with Crippen molar-refractivity contribution < 1.29 is 19.5 Å². The number of hydrogen-bond acceptors (Lipinski definition) is 4. The third kappa shape index (κ3) is 3.75. The van der Waals surface area contributed by atoms with Gasteiger partial charge in [-0.1, -0.05) is 37.3 Å². The molecule has 1 aromatic rings. The van der Waals surface area contributed by atoms with Gasteiger partial charge in [-0.2, -0.15) is 0 Å². The smallest absolute Gasteiger partial charge is 0.327 e. The summed E-state index contributed by atoms with van der Waals surface area (Å²) in [7, 11) is 0. The van der Waals surface area contributed by atoms with Crippen LogP contribution >= 0.6 is 11.8 Å². The summed E-state index contributed by atoms with van der Waals surface area (Å²) in [6.45, 7) is 5.36. The molecule has 0 saturated carbocycles. The summed E-state index contributed by atoms with van der Waals surface area (Å²) in [5, 5.41) is 9.33. The molecule has 1 heterocycles. The van der Waals surface area contributed by atoms with Gasteiger partial charge in [0.05, 0.1) is 4.87 Å². The highest BCUT2D eigenvalue weighted by atomic mass is 32.2. The maximum absolute atomic E-state index is 12.7. The van der Waals surface area contributed by atoms with Gasteiger partial charge in [-0.15, -0.1) is 11.8 Å². The van der Waals surface area contributed by atoms with E-state index in [2.05, 4.69) is 0 Å². The average Bonchev–Trinajstić information content (AvgIpc) is 2.82. The molecule has 0 aliphatic carbocycles. The first kappa shape index (κ1) is 17.5. The molecule has 1 aliphatic heterocycles. The Morgan fingerprint density at radius 1 is 1.30 bits per heavy atom. The highest BCUT2D eigenvalue weighted by Gasteiger charge is 2.47. The second-order valence-corrected chi connectivity index (χ2v) is 7.84. The monoisotopic (exact) mass is 335 g/mol. The molecule has 5 nitrogen and oxygen atoms in total. The lowest BCUT2D eigenvalue weighted by atomic mass is 9.97. The summed E-state index contributed by atoms with van der Waals surface area (Å²) in [5.74, 6) is -1.58. The third-order valence-electron chi connectivity index (χ3n) is 4.02. The normalized spacial score (nSPS) is 21.0. The number of benzene rings is 1. The zero-order chi connectivity index (χ0) is 17.2. The van der Waals surface area contributed by atoms with Crippen LogP contribution in [0.2, 0.25) is 0 Å². The Kier molecular flexibility index (Phi) is 5.14. The van der Waals surface area contributed by atoms with Crippen LogP contribution in [0.3, 0.4) is 0 Å². The van der Waals surface area contributed by atoms with Crippen molar-refractivity contribution in [3.8, 4) is 0 Å². The minimum Gasteiger partial charge on any atom is -0.480 e. The van der Waals surface area contributed by atoms with Crippen molar-refractivity contribution in [1.82, 2.24) is 4.90 Å². The summed E-state index contributed by atoms with van der Waals surface area (Å²) >= 11 is 1.44. The Labute approximate surface area is 140 Å². The molecule has 1 N–H and O–H groups in total. The van der Waals surface area contributed by atoms with Gasteiger partial charge in [0.2, 0.25) is 5.91 Å². The lowest BCUT2D eigenvalue weighted by Gasteiger charge is -2.35. The van der Waals surface area contributed by atoms with E-state index in [1.165, 1.54) is 16.7 Å². The van der Waals surface area contributed by atoms with Crippen LogP contribution in [0.25, 0.3) is 0 Å². The van der Waals surface area contributed by atoms with E-state index in [1.54, 1.807) is 31.2 Å². The van der Waals surface area contributed by atoms with Gasteiger partial charge >= 0.3 is 5.97 Å². The number of nitrogens with zero attached hydrogens (tertiary/aromatic N) is 1. The first-order valence-electron chi connectivity index (χ1n) is 7.52. The van der Waals surface area contributed by atoms with Gasteiger partial charge in [-0.25, -0.2) is 4.79 Å². The highest BCUT2D eigenvalue weighted by molar-refractivity contribution is 8.00. The summed E-state index contributed by atoms with van der Waals surface area (Å²) in [6.07, 6.45) is 0.0758. The van der Waals surface area contributed by atoms with Gasteiger partial charge < -0.3 is 10.0 Å². The number of ketones is 1. The Morgan fingerprint density at radius 2 is 1.91 bits per heavy atom. The molecule has 124 valence electrons. The number of amides is 1. The molecule has 6 heteroatoms. The molecule has 1 aromatic carbocycles. The van der Waals surface area contributed by atoms with Crippen LogP contribution in [-0.4, -0.2) is 44.3 Å². The van der Waals surface area contributed by atoms with Crippen LogP contribution in [-0.2, 0) is 9.59 Å². The molecule has 0 radical (unpaired) electrons. The van der Waals surface area contributed by atoms with Crippen molar-refractivity contribution in [3.63, 3.8) is 0 Å². The largest absolute Gasteiger partial charge is 0.480 e. The predicted molar refractivity (Wildman–Crippen MR) is 89.4 cm³/mol. The predicted octanol–water partition coefficient (Wildman–Crippen LogP) is 2.66. The number of hydrogen-bond donors (Lipinski definition) is 1. The number of rotatable bonds is 5. The molecular weight excluding hydrogens is 314 g/mol. The first-order valence-corrected chi connectivity index (χ1v) is 8.51. The van der Waals surface area contributed by atoms with E-state index >= 15 is 0 Å². The average molecular weight is 335 g/mol. The lowest BCUT2D eigenvalue weighted by molar-refractivity contribution is -0.152. The molecule has 2 rings (SSSR count). The summed E-state index contributed by atoms with van der Waals surface area (Å²) in [6, 6.07) is 7.98. The zero-order valence-corrected chi connectivity index (χ0v) is 14.3. The third-order valence-corrected chi connectivity index (χ3v) is 5.40. The number of carbonyl (C=O) groups excluding carboxylic acids is 2. The van der Waals surface area contributed by atoms with E-state index in [0.717, 1.165) is 0 Å². The fraction of sp³-hybridized carbons (Fsp3) is 0.471.